The number of carbonyl (C=O) groups is 2. The molecule has 28 heavy (non-hydrogen) atoms. The van der Waals surface area contributed by atoms with E-state index in [2.05, 4.69) is 36.2 Å². The fraction of sp³-hybridized carbons (Fsp3) is 0.818. The molecule has 6 heteroatoms. The highest BCUT2D eigenvalue weighted by Crippen LogP contribution is 2.12. The Labute approximate surface area is 172 Å². The lowest BCUT2D eigenvalue weighted by Crippen LogP contribution is -2.35. The number of rotatable bonds is 16. The zero-order valence-corrected chi connectivity index (χ0v) is 18.7. The second-order valence-corrected chi connectivity index (χ2v) is 7.47. The molecule has 0 saturated heterocycles. The summed E-state index contributed by atoms with van der Waals surface area (Å²) in [6.45, 7) is 10.2. The van der Waals surface area contributed by atoms with Gasteiger partial charge in [0.15, 0.2) is 0 Å². The first-order valence-electron chi connectivity index (χ1n) is 10.9. The molecule has 1 unspecified atom stereocenters. The molecule has 0 heterocycles. The fourth-order valence-corrected chi connectivity index (χ4v) is 2.59. The summed E-state index contributed by atoms with van der Waals surface area (Å²) in [6, 6.07) is 0. The minimum absolute atomic E-state index is 0.128. The minimum atomic E-state index is -0.418. The first-order chi connectivity index (χ1) is 13.4. The monoisotopic (exact) mass is 398 g/mol. The molecule has 1 N–H and O–H groups in total. The zero-order chi connectivity index (χ0) is 21.2. The summed E-state index contributed by atoms with van der Waals surface area (Å²) in [5.41, 5.74) is 0. The molecule has 0 aromatic rings. The maximum atomic E-state index is 12.1. The number of alkyl carbamates (subject to hydrolysis) is 1. The number of hydrogen-bond donors (Lipinski definition) is 1. The van der Waals surface area contributed by atoms with E-state index in [-0.39, 0.29) is 24.6 Å². The first-order valence-corrected chi connectivity index (χ1v) is 10.9. The van der Waals surface area contributed by atoms with Crippen molar-refractivity contribution in [3.8, 4) is 0 Å². The van der Waals surface area contributed by atoms with Gasteiger partial charge in [0.1, 0.15) is 6.10 Å². The third-order valence-corrected chi connectivity index (χ3v) is 4.41. The molecule has 0 spiro atoms. The van der Waals surface area contributed by atoms with Crippen LogP contribution in [0, 0.1) is 0 Å². The molecule has 0 aliphatic carbocycles. The Morgan fingerprint density at radius 1 is 1.04 bits per heavy atom. The Balaban J connectivity index is 4.37. The van der Waals surface area contributed by atoms with Crippen LogP contribution in [0.4, 0.5) is 4.79 Å². The maximum Gasteiger partial charge on any atom is 0.407 e. The van der Waals surface area contributed by atoms with Crippen LogP contribution in [0.15, 0.2) is 12.2 Å². The van der Waals surface area contributed by atoms with Crippen molar-refractivity contribution >= 4 is 12.1 Å². The molecule has 0 saturated carbocycles. The lowest BCUT2D eigenvalue weighted by atomic mass is 10.1. The quantitative estimate of drug-likeness (QED) is 0.232. The molecule has 0 rings (SSSR count). The van der Waals surface area contributed by atoms with Crippen LogP contribution in [0.1, 0.15) is 79.1 Å². The van der Waals surface area contributed by atoms with Crippen molar-refractivity contribution in [2.45, 2.75) is 91.3 Å². The number of allylic oxidation sites excluding steroid dienone is 2. The summed E-state index contributed by atoms with van der Waals surface area (Å²) in [6.07, 6.45) is 10.6. The number of carbonyl (C=O) groups excluding carboxylic acids is 2. The van der Waals surface area contributed by atoms with Crippen LogP contribution in [0.2, 0.25) is 0 Å². The Kier molecular flexibility index (Phi) is 16.6. The van der Waals surface area contributed by atoms with E-state index in [1.807, 2.05) is 20.9 Å². The van der Waals surface area contributed by atoms with E-state index in [1.54, 1.807) is 0 Å². The Bertz CT molecular complexity index is 438. The number of amides is 1. The van der Waals surface area contributed by atoms with Gasteiger partial charge in [-0.2, -0.15) is 0 Å². The second-order valence-electron chi connectivity index (χ2n) is 7.47. The molecule has 0 aromatic heterocycles. The van der Waals surface area contributed by atoms with Gasteiger partial charge in [0, 0.05) is 19.5 Å². The normalized spacial score (nSPS) is 12.5. The van der Waals surface area contributed by atoms with Gasteiger partial charge in [-0.25, -0.2) is 4.79 Å². The van der Waals surface area contributed by atoms with Crippen molar-refractivity contribution in [3.63, 3.8) is 0 Å². The molecule has 0 radical (unpaired) electrons. The molecular weight excluding hydrogens is 356 g/mol. The zero-order valence-electron chi connectivity index (χ0n) is 18.7. The highest BCUT2D eigenvalue weighted by Gasteiger charge is 2.16. The van der Waals surface area contributed by atoms with Crippen molar-refractivity contribution in [3.05, 3.63) is 12.2 Å². The van der Waals surface area contributed by atoms with Gasteiger partial charge >= 0.3 is 12.1 Å². The van der Waals surface area contributed by atoms with E-state index >= 15 is 0 Å². The van der Waals surface area contributed by atoms with Crippen LogP contribution in [0.3, 0.4) is 0 Å². The molecule has 0 fully saturated rings. The molecule has 6 nitrogen and oxygen atoms in total. The van der Waals surface area contributed by atoms with Crippen LogP contribution >= 0.6 is 0 Å². The van der Waals surface area contributed by atoms with Crippen molar-refractivity contribution in [2.75, 3.05) is 26.7 Å². The van der Waals surface area contributed by atoms with Crippen molar-refractivity contribution in [1.82, 2.24) is 10.2 Å². The summed E-state index contributed by atoms with van der Waals surface area (Å²) >= 11 is 0. The van der Waals surface area contributed by atoms with Crippen LogP contribution in [0.25, 0.3) is 0 Å². The third kappa shape index (κ3) is 16.6. The third-order valence-electron chi connectivity index (χ3n) is 4.41. The van der Waals surface area contributed by atoms with E-state index in [1.165, 1.54) is 19.3 Å². The molecule has 1 amide bonds. The van der Waals surface area contributed by atoms with Gasteiger partial charge in [-0.1, -0.05) is 38.8 Å². The summed E-state index contributed by atoms with van der Waals surface area (Å²) < 4.78 is 10.7. The summed E-state index contributed by atoms with van der Waals surface area (Å²) in [4.78, 5) is 26.0. The molecule has 0 aromatic carbocycles. The lowest BCUT2D eigenvalue weighted by molar-refractivity contribution is -0.148. The summed E-state index contributed by atoms with van der Waals surface area (Å²) in [5.74, 6) is -0.247. The predicted molar refractivity (Wildman–Crippen MR) is 114 cm³/mol. The fourth-order valence-electron chi connectivity index (χ4n) is 2.59. The van der Waals surface area contributed by atoms with Crippen molar-refractivity contribution < 1.29 is 19.1 Å². The Hall–Kier alpha value is -1.56. The molecule has 0 aliphatic rings. The molecule has 0 bridgehead atoms. The number of nitrogens with one attached hydrogen (secondary N) is 1. The van der Waals surface area contributed by atoms with Gasteiger partial charge in [-0.3, -0.25) is 4.79 Å². The molecule has 1 atom stereocenters. The van der Waals surface area contributed by atoms with Crippen LogP contribution < -0.4 is 5.32 Å². The van der Waals surface area contributed by atoms with Crippen molar-refractivity contribution in [2.24, 2.45) is 0 Å². The van der Waals surface area contributed by atoms with Gasteiger partial charge in [0.2, 0.25) is 0 Å². The highest BCUT2D eigenvalue weighted by molar-refractivity contribution is 5.70. The van der Waals surface area contributed by atoms with E-state index in [9.17, 15) is 9.59 Å². The number of nitrogens with zero attached hydrogens (tertiary/aromatic N) is 1. The number of ether oxygens (including phenoxy) is 2. The molecular formula is C22H42N2O4. The Morgan fingerprint density at radius 2 is 1.75 bits per heavy atom. The van der Waals surface area contributed by atoms with E-state index in [4.69, 9.17) is 9.47 Å². The number of hydrogen-bond acceptors (Lipinski definition) is 5. The smallest absolute Gasteiger partial charge is 0.407 e. The second kappa shape index (κ2) is 17.5. The highest BCUT2D eigenvalue weighted by atomic mass is 16.6. The van der Waals surface area contributed by atoms with Gasteiger partial charge in [0.25, 0.3) is 0 Å². The van der Waals surface area contributed by atoms with Crippen LogP contribution in [0.5, 0.6) is 0 Å². The largest absolute Gasteiger partial charge is 0.463 e. The van der Waals surface area contributed by atoms with Crippen LogP contribution in [-0.4, -0.2) is 55.9 Å². The average molecular weight is 399 g/mol. The average Bonchev–Trinajstić information content (AvgIpc) is 2.64. The Morgan fingerprint density at radius 3 is 2.39 bits per heavy atom. The summed E-state index contributed by atoms with van der Waals surface area (Å²) in [5, 5.41) is 2.79. The lowest BCUT2D eigenvalue weighted by Gasteiger charge is -2.19. The van der Waals surface area contributed by atoms with Crippen LogP contribution in [-0.2, 0) is 14.3 Å². The standard InChI is InChI=1S/C22H42N2O4/c1-6-8-9-10-11-12-13-14-20(15-16-21(25)27-19(3)4)28-22(26)23-17-18-24(5)7-2/h11-12,19-20H,6-10,13-18H2,1-5H3,(H,23,26)/b12-11-. The summed E-state index contributed by atoms with van der Waals surface area (Å²) in [7, 11) is 2.00. The molecule has 0 aliphatic heterocycles. The predicted octanol–water partition coefficient (Wildman–Crippen LogP) is 4.68. The topological polar surface area (TPSA) is 67.9 Å². The number of esters is 1. The van der Waals surface area contributed by atoms with E-state index < -0.39 is 6.09 Å². The van der Waals surface area contributed by atoms with Gasteiger partial charge in [-0.15, -0.1) is 0 Å². The van der Waals surface area contributed by atoms with Gasteiger partial charge in [-0.05, 0) is 59.5 Å². The first kappa shape index (κ1) is 26.4. The molecule has 164 valence electrons. The maximum absolute atomic E-state index is 12.1. The van der Waals surface area contributed by atoms with E-state index in [0.29, 0.717) is 19.4 Å². The number of unbranched alkanes of at least 4 members (excludes halogenated alkanes) is 3. The van der Waals surface area contributed by atoms with Gasteiger partial charge < -0.3 is 19.7 Å². The van der Waals surface area contributed by atoms with Crippen molar-refractivity contribution in [1.29, 1.82) is 0 Å². The SMILES string of the molecule is CCCCC/C=C\CCC(CCC(=O)OC(C)C)OC(=O)NCCN(C)CC. The minimum Gasteiger partial charge on any atom is -0.463 e. The van der Waals surface area contributed by atoms with Gasteiger partial charge in [0.05, 0.1) is 6.10 Å². The van der Waals surface area contributed by atoms with E-state index in [0.717, 1.165) is 25.9 Å². The number of likely N-dealkylation sites (N-methyl/N-ethyl adjacent to an activating group) is 1.